The van der Waals surface area contributed by atoms with Crippen LogP contribution in [0.2, 0.25) is 0 Å². The highest BCUT2D eigenvalue weighted by molar-refractivity contribution is 5.94. The number of rotatable bonds is 4. The fourth-order valence-corrected chi connectivity index (χ4v) is 4.53. The molecule has 11 heteroatoms. The number of amides is 1. The van der Waals surface area contributed by atoms with E-state index in [1.165, 1.54) is 0 Å². The van der Waals surface area contributed by atoms with Gasteiger partial charge in [-0.25, -0.2) is 4.68 Å². The van der Waals surface area contributed by atoms with Gasteiger partial charge in [-0.05, 0) is 26.1 Å². The fourth-order valence-electron chi connectivity index (χ4n) is 4.53. The summed E-state index contributed by atoms with van der Waals surface area (Å²) in [5, 5.41) is 4.71. The van der Waals surface area contributed by atoms with E-state index in [9.17, 15) is 4.79 Å². The Hall–Kier alpha value is -3.83. The second-order valence-electron chi connectivity index (χ2n) is 9.23. The van der Waals surface area contributed by atoms with Gasteiger partial charge in [0.1, 0.15) is 0 Å². The van der Waals surface area contributed by atoms with E-state index in [1.54, 1.807) is 9.58 Å². The summed E-state index contributed by atoms with van der Waals surface area (Å²) in [7, 11) is 2.05. The van der Waals surface area contributed by atoms with Crippen molar-refractivity contribution in [2.45, 2.75) is 6.92 Å². The van der Waals surface area contributed by atoms with Crippen LogP contribution < -0.4 is 4.90 Å². The molecule has 0 unspecified atom stereocenters. The van der Waals surface area contributed by atoms with Crippen molar-refractivity contribution in [2.24, 2.45) is 0 Å². The fraction of sp³-hybridized carbons (Fsp3) is 0.400. The third-order valence-electron chi connectivity index (χ3n) is 6.62. The molecule has 186 valence electrons. The molecule has 0 spiro atoms. The number of anilines is 1. The standard InChI is InChI=1S/C25H28N8O3/c1-17-4-3-5-18(16-17)19-6-7-33(29-19)25-27-21(31-12-14-35-15-13-31)20-22(28-25)36-23(26-20)24(34)32-10-8-30(2)9-11-32/h3-7,16H,8-15H2,1-2H3. The molecule has 0 N–H and O–H groups in total. The number of aromatic nitrogens is 5. The lowest BCUT2D eigenvalue weighted by molar-refractivity contribution is 0.0626. The van der Waals surface area contributed by atoms with Crippen molar-refractivity contribution < 1.29 is 13.9 Å². The number of likely N-dealkylation sites (N-methyl/N-ethyl adjacent to an activating group) is 1. The zero-order valence-electron chi connectivity index (χ0n) is 20.4. The number of hydrogen-bond acceptors (Lipinski definition) is 9. The Balaban J connectivity index is 1.39. The molecule has 1 amide bonds. The van der Waals surface area contributed by atoms with Gasteiger partial charge in [0.25, 0.3) is 17.6 Å². The van der Waals surface area contributed by atoms with Gasteiger partial charge < -0.3 is 23.9 Å². The van der Waals surface area contributed by atoms with Gasteiger partial charge in [-0.3, -0.25) is 4.79 Å². The first-order valence-electron chi connectivity index (χ1n) is 12.2. The highest BCUT2D eigenvalue weighted by Gasteiger charge is 2.28. The molecule has 36 heavy (non-hydrogen) atoms. The third-order valence-corrected chi connectivity index (χ3v) is 6.62. The van der Waals surface area contributed by atoms with E-state index >= 15 is 0 Å². The molecular weight excluding hydrogens is 460 g/mol. The topological polar surface area (TPSA) is 106 Å². The van der Waals surface area contributed by atoms with Crippen LogP contribution in [0.4, 0.5) is 5.82 Å². The van der Waals surface area contributed by atoms with Crippen LogP contribution in [0.1, 0.15) is 16.2 Å². The smallest absolute Gasteiger partial charge is 0.309 e. The molecule has 0 aliphatic carbocycles. The summed E-state index contributed by atoms with van der Waals surface area (Å²) in [4.78, 5) is 33.2. The van der Waals surface area contributed by atoms with Crippen molar-refractivity contribution >= 4 is 23.0 Å². The van der Waals surface area contributed by atoms with Gasteiger partial charge in [0.05, 0.1) is 18.9 Å². The van der Waals surface area contributed by atoms with Crippen LogP contribution >= 0.6 is 0 Å². The van der Waals surface area contributed by atoms with E-state index < -0.39 is 0 Å². The predicted octanol–water partition coefficient (Wildman–Crippen LogP) is 2.00. The van der Waals surface area contributed by atoms with Crippen LogP contribution in [-0.2, 0) is 4.74 Å². The van der Waals surface area contributed by atoms with Crippen molar-refractivity contribution in [1.29, 1.82) is 0 Å². The maximum absolute atomic E-state index is 13.2. The molecule has 5 heterocycles. The Kier molecular flexibility index (Phi) is 5.86. The Morgan fingerprint density at radius 2 is 1.78 bits per heavy atom. The van der Waals surface area contributed by atoms with Crippen LogP contribution in [0.15, 0.2) is 40.9 Å². The lowest BCUT2D eigenvalue weighted by Crippen LogP contribution is -2.47. The van der Waals surface area contributed by atoms with Gasteiger partial charge in [0.15, 0.2) is 11.3 Å². The minimum Gasteiger partial charge on any atom is -0.413 e. The molecule has 2 aliphatic heterocycles. The van der Waals surface area contributed by atoms with Gasteiger partial charge >= 0.3 is 5.91 Å². The van der Waals surface area contributed by atoms with E-state index in [-0.39, 0.29) is 17.5 Å². The van der Waals surface area contributed by atoms with E-state index in [0.717, 1.165) is 29.9 Å². The minimum absolute atomic E-state index is 0.0384. The zero-order valence-corrected chi connectivity index (χ0v) is 20.4. The third kappa shape index (κ3) is 4.31. The maximum atomic E-state index is 13.2. The molecule has 4 aromatic rings. The van der Waals surface area contributed by atoms with Crippen LogP contribution in [0.5, 0.6) is 0 Å². The number of morpholine rings is 1. The molecule has 0 radical (unpaired) electrons. The molecule has 6 rings (SSSR count). The van der Waals surface area contributed by atoms with Crippen LogP contribution in [0.25, 0.3) is 28.4 Å². The van der Waals surface area contributed by atoms with Crippen LogP contribution in [0.3, 0.4) is 0 Å². The summed E-state index contributed by atoms with van der Waals surface area (Å²) in [6.45, 7) is 7.45. The lowest BCUT2D eigenvalue weighted by atomic mass is 10.1. The summed E-state index contributed by atoms with van der Waals surface area (Å²) in [6, 6.07) is 10.1. The molecular formula is C25H28N8O3. The largest absolute Gasteiger partial charge is 0.413 e. The second-order valence-corrected chi connectivity index (χ2v) is 9.23. The quantitative estimate of drug-likeness (QED) is 0.426. The number of nitrogens with zero attached hydrogens (tertiary/aromatic N) is 8. The number of benzene rings is 1. The predicted molar refractivity (Wildman–Crippen MR) is 133 cm³/mol. The zero-order chi connectivity index (χ0) is 24.6. The number of carbonyl (C=O) groups excluding carboxylic acids is 1. The lowest BCUT2D eigenvalue weighted by Gasteiger charge is -2.31. The Bertz CT molecular complexity index is 1400. The summed E-state index contributed by atoms with van der Waals surface area (Å²) in [5.41, 5.74) is 3.74. The minimum atomic E-state index is -0.226. The van der Waals surface area contributed by atoms with Gasteiger partial charge in [-0.15, -0.1) is 0 Å². The first kappa shape index (κ1) is 22.6. The number of carbonyl (C=O) groups is 1. The van der Waals surface area contributed by atoms with Crippen molar-refractivity contribution in [3.05, 3.63) is 48.0 Å². The Morgan fingerprint density at radius 3 is 2.56 bits per heavy atom. The number of piperazine rings is 1. The van der Waals surface area contributed by atoms with E-state index in [1.807, 2.05) is 31.4 Å². The second kappa shape index (κ2) is 9.32. The summed E-state index contributed by atoms with van der Waals surface area (Å²) in [5.74, 6) is 0.789. The molecule has 1 aromatic carbocycles. The van der Waals surface area contributed by atoms with Crippen molar-refractivity contribution in [1.82, 2.24) is 34.5 Å². The Morgan fingerprint density at radius 1 is 0.972 bits per heavy atom. The monoisotopic (exact) mass is 488 g/mol. The van der Waals surface area contributed by atoms with Crippen molar-refractivity contribution in [2.75, 3.05) is 64.4 Å². The summed E-state index contributed by atoms with van der Waals surface area (Å²) < 4.78 is 13.1. The van der Waals surface area contributed by atoms with E-state index in [2.05, 4.69) is 38.8 Å². The van der Waals surface area contributed by atoms with Gasteiger partial charge in [0, 0.05) is 51.0 Å². The molecule has 0 atom stereocenters. The molecule has 0 bridgehead atoms. The van der Waals surface area contributed by atoms with Gasteiger partial charge in [-0.2, -0.15) is 20.1 Å². The molecule has 11 nitrogen and oxygen atoms in total. The number of fused-ring (bicyclic) bond motifs is 1. The number of oxazole rings is 1. The highest BCUT2D eigenvalue weighted by atomic mass is 16.5. The van der Waals surface area contributed by atoms with Gasteiger partial charge in [-0.1, -0.05) is 23.8 Å². The Labute approximate surface area is 208 Å². The summed E-state index contributed by atoms with van der Waals surface area (Å²) in [6.07, 6.45) is 1.83. The first-order valence-corrected chi connectivity index (χ1v) is 12.2. The average molecular weight is 489 g/mol. The van der Waals surface area contributed by atoms with E-state index in [0.29, 0.717) is 56.7 Å². The van der Waals surface area contributed by atoms with Crippen molar-refractivity contribution in [3.8, 4) is 17.2 Å². The van der Waals surface area contributed by atoms with E-state index in [4.69, 9.17) is 19.2 Å². The van der Waals surface area contributed by atoms with Crippen LogP contribution in [0, 0.1) is 6.92 Å². The molecule has 2 aliphatic rings. The van der Waals surface area contributed by atoms with Crippen molar-refractivity contribution in [3.63, 3.8) is 0 Å². The SMILES string of the molecule is Cc1cccc(-c2ccn(-c3nc(N4CCOCC4)c4nc(C(=O)N5CCN(C)CC5)oc4n3)n2)c1. The highest BCUT2D eigenvalue weighted by Crippen LogP contribution is 2.27. The first-order chi connectivity index (χ1) is 17.5. The normalized spacial score (nSPS) is 17.2. The molecule has 2 saturated heterocycles. The average Bonchev–Trinajstić information content (AvgIpc) is 3.57. The summed E-state index contributed by atoms with van der Waals surface area (Å²) >= 11 is 0. The molecule has 3 aromatic heterocycles. The number of aryl methyl sites for hydroxylation is 1. The molecule has 2 fully saturated rings. The number of ether oxygens (including phenoxy) is 1. The molecule has 0 saturated carbocycles. The number of hydrogen-bond donors (Lipinski definition) is 0. The van der Waals surface area contributed by atoms with Crippen LogP contribution in [-0.4, -0.2) is 100.0 Å². The van der Waals surface area contributed by atoms with Gasteiger partial charge in [0.2, 0.25) is 0 Å². The maximum Gasteiger partial charge on any atom is 0.309 e.